The summed E-state index contributed by atoms with van der Waals surface area (Å²) in [4.78, 5) is 11.0. The second-order valence-electron chi connectivity index (χ2n) is 5.09. The summed E-state index contributed by atoms with van der Waals surface area (Å²) in [6.45, 7) is 0. The van der Waals surface area contributed by atoms with Crippen molar-refractivity contribution in [2.45, 2.75) is 25.7 Å². The Hall–Kier alpha value is -1.51. The molecule has 1 spiro atoms. The number of rotatable bonds is 1. The van der Waals surface area contributed by atoms with Crippen molar-refractivity contribution in [1.29, 1.82) is 0 Å². The predicted molar refractivity (Wildman–Crippen MR) is 58.3 cm³/mol. The van der Waals surface area contributed by atoms with Gasteiger partial charge in [-0.1, -0.05) is 6.07 Å². The lowest BCUT2D eigenvalue weighted by Gasteiger charge is -2.25. The molecule has 3 rings (SSSR count). The van der Waals surface area contributed by atoms with E-state index in [1.807, 2.05) is 6.07 Å². The first-order valence-corrected chi connectivity index (χ1v) is 5.64. The molecule has 84 valence electrons. The molecule has 1 aromatic carbocycles. The third kappa shape index (κ3) is 1.31. The fraction of sp³-hybridized carbons (Fsp3) is 0.462. The van der Waals surface area contributed by atoms with Crippen molar-refractivity contribution >= 4 is 5.97 Å². The van der Waals surface area contributed by atoms with Crippen LogP contribution in [0.25, 0.3) is 0 Å². The van der Waals surface area contributed by atoms with Gasteiger partial charge in [-0.25, -0.2) is 0 Å². The van der Waals surface area contributed by atoms with Gasteiger partial charge in [0, 0.05) is 0 Å². The van der Waals surface area contributed by atoms with Gasteiger partial charge in [-0.15, -0.1) is 0 Å². The lowest BCUT2D eigenvalue weighted by atomic mass is 9.80. The molecule has 16 heavy (non-hydrogen) atoms. The Morgan fingerprint density at radius 1 is 1.38 bits per heavy atom. The molecular weight excluding hydrogens is 204 g/mol. The molecule has 0 amide bonds. The Morgan fingerprint density at radius 3 is 2.88 bits per heavy atom. The van der Waals surface area contributed by atoms with E-state index < -0.39 is 5.97 Å². The van der Waals surface area contributed by atoms with Crippen LogP contribution in [0.2, 0.25) is 0 Å². The maximum Gasteiger partial charge on any atom is 0.307 e. The number of carboxylic acids is 1. The summed E-state index contributed by atoms with van der Waals surface area (Å²) in [7, 11) is 0. The molecule has 1 saturated carbocycles. The van der Waals surface area contributed by atoms with Crippen molar-refractivity contribution in [2.24, 2.45) is 11.3 Å². The van der Waals surface area contributed by atoms with Crippen molar-refractivity contribution in [3.8, 4) is 5.75 Å². The number of aliphatic carboxylic acids is 1. The average molecular weight is 218 g/mol. The molecule has 0 aromatic heterocycles. The summed E-state index contributed by atoms with van der Waals surface area (Å²) >= 11 is 0. The van der Waals surface area contributed by atoms with E-state index in [9.17, 15) is 9.90 Å². The Kier molecular flexibility index (Phi) is 1.82. The number of phenols is 1. The molecule has 2 N–H and O–H groups in total. The first kappa shape index (κ1) is 9.70. The number of phenolic OH excluding ortho intramolecular Hbond substituents is 1. The van der Waals surface area contributed by atoms with Crippen LogP contribution in [0.15, 0.2) is 18.2 Å². The molecule has 0 bridgehead atoms. The quantitative estimate of drug-likeness (QED) is 0.757. The van der Waals surface area contributed by atoms with E-state index in [4.69, 9.17) is 5.11 Å². The molecule has 3 heteroatoms. The van der Waals surface area contributed by atoms with Gasteiger partial charge >= 0.3 is 5.97 Å². The van der Waals surface area contributed by atoms with Crippen LogP contribution in [0.1, 0.15) is 24.0 Å². The van der Waals surface area contributed by atoms with Crippen LogP contribution in [0.3, 0.4) is 0 Å². The molecule has 1 aromatic rings. The van der Waals surface area contributed by atoms with Gasteiger partial charge < -0.3 is 10.2 Å². The van der Waals surface area contributed by atoms with E-state index in [1.165, 1.54) is 5.56 Å². The topological polar surface area (TPSA) is 57.5 Å². The minimum absolute atomic E-state index is 0.00731. The van der Waals surface area contributed by atoms with Crippen molar-refractivity contribution in [1.82, 2.24) is 0 Å². The SMILES string of the molecule is O=C(O)C1CC12CCc1ccc(O)cc1C2. The zero-order valence-corrected chi connectivity index (χ0v) is 8.94. The van der Waals surface area contributed by atoms with Gasteiger partial charge in [-0.2, -0.15) is 0 Å². The molecule has 0 saturated heterocycles. The molecule has 0 heterocycles. The summed E-state index contributed by atoms with van der Waals surface area (Å²) < 4.78 is 0. The van der Waals surface area contributed by atoms with Crippen LogP contribution in [-0.4, -0.2) is 16.2 Å². The van der Waals surface area contributed by atoms with Gasteiger partial charge in [0.05, 0.1) is 5.92 Å². The average Bonchev–Trinajstić information content (AvgIpc) is 2.92. The Bertz CT molecular complexity index is 466. The fourth-order valence-corrected chi connectivity index (χ4v) is 3.04. The van der Waals surface area contributed by atoms with Gasteiger partial charge in [0.15, 0.2) is 0 Å². The van der Waals surface area contributed by atoms with E-state index in [-0.39, 0.29) is 17.1 Å². The number of benzene rings is 1. The minimum Gasteiger partial charge on any atom is -0.508 e. The third-order valence-corrected chi connectivity index (χ3v) is 4.11. The summed E-state index contributed by atoms with van der Waals surface area (Å²) in [6.07, 6.45) is 3.53. The largest absolute Gasteiger partial charge is 0.508 e. The van der Waals surface area contributed by atoms with Crippen LogP contribution < -0.4 is 0 Å². The van der Waals surface area contributed by atoms with E-state index in [2.05, 4.69) is 0 Å². The highest BCUT2D eigenvalue weighted by atomic mass is 16.4. The van der Waals surface area contributed by atoms with E-state index in [0.29, 0.717) is 0 Å². The van der Waals surface area contributed by atoms with Crippen LogP contribution in [0.5, 0.6) is 5.75 Å². The maximum atomic E-state index is 11.0. The number of carbonyl (C=O) groups is 1. The fourth-order valence-electron chi connectivity index (χ4n) is 3.04. The van der Waals surface area contributed by atoms with Crippen molar-refractivity contribution in [3.63, 3.8) is 0 Å². The molecule has 2 unspecified atom stereocenters. The van der Waals surface area contributed by atoms with E-state index in [1.54, 1.807) is 12.1 Å². The molecule has 0 radical (unpaired) electrons. The second kappa shape index (κ2) is 3.00. The summed E-state index contributed by atoms with van der Waals surface area (Å²) in [6, 6.07) is 5.45. The van der Waals surface area contributed by atoms with Crippen LogP contribution >= 0.6 is 0 Å². The lowest BCUT2D eigenvalue weighted by molar-refractivity contribution is -0.139. The summed E-state index contributed by atoms with van der Waals surface area (Å²) in [5.74, 6) is -0.546. The summed E-state index contributed by atoms with van der Waals surface area (Å²) in [5.41, 5.74) is 2.39. The number of fused-ring (bicyclic) bond motifs is 1. The molecule has 3 nitrogen and oxygen atoms in total. The van der Waals surface area contributed by atoms with Crippen molar-refractivity contribution in [3.05, 3.63) is 29.3 Å². The Morgan fingerprint density at radius 2 is 2.19 bits per heavy atom. The molecule has 2 aliphatic carbocycles. The third-order valence-electron chi connectivity index (χ3n) is 4.11. The Balaban J connectivity index is 1.90. The van der Waals surface area contributed by atoms with Gasteiger partial charge in [0.2, 0.25) is 0 Å². The maximum absolute atomic E-state index is 11.0. The molecule has 1 fully saturated rings. The number of aromatic hydroxyl groups is 1. The van der Waals surface area contributed by atoms with Crippen LogP contribution in [0, 0.1) is 11.3 Å². The van der Waals surface area contributed by atoms with Crippen molar-refractivity contribution in [2.75, 3.05) is 0 Å². The molecule has 2 aliphatic rings. The van der Waals surface area contributed by atoms with E-state index in [0.717, 1.165) is 31.2 Å². The van der Waals surface area contributed by atoms with Gasteiger partial charge in [-0.05, 0) is 54.4 Å². The first-order valence-electron chi connectivity index (χ1n) is 5.64. The molecular formula is C13H14O3. The number of aryl methyl sites for hydroxylation is 1. The normalized spacial score (nSPS) is 31.1. The highest BCUT2D eigenvalue weighted by Gasteiger charge is 2.58. The Labute approximate surface area is 93.7 Å². The zero-order valence-electron chi connectivity index (χ0n) is 8.94. The summed E-state index contributed by atoms with van der Waals surface area (Å²) in [5, 5.41) is 18.5. The second-order valence-corrected chi connectivity index (χ2v) is 5.09. The van der Waals surface area contributed by atoms with Crippen LogP contribution in [-0.2, 0) is 17.6 Å². The first-order chi connectivity index (χ1) is 7.61. The monoisotopic (exact) mass is 218 g/mol. The van der Waals surface area contributed by atoms with Crippen LogP contribution in [0.4, 0.5) is 0 Å². The van der Waals surface area contributed by atoms with Gasteiger partial charge in [0.25, 0.3) is 0 Å². The van der Waals surface area contributed by atoms with E-state index >= 15 is 0 Å². The number of hydrogen-bond acceptors (Lipinski definition) is 2. The number of carboxylic acid groups (broad SMARTS) is 1. The smallest absolute Gasteiger partial charge is 0.307 e. The standard InChI is InChI=1S/C13H14O3/c14-10-2-1-8-3-4-13(6-9(8)5-10)7-11(13)12(15)16/h1-2,5,11,14H,3-4,6-7H2,(H,15,16). The molecule has 0 aliphatic heterocycles. The minimum atomic E-state index is -0.663. The highest BCUT2D eigenvalue weighted by molar-refractivity contribution is 5.75. The zero-order chi connectivity index (χ0) is 11.3. The number of hydrogen-bond donors (Lipinski definition) is 2. The van der Waals surface area contributed by atoms with Crippen molar-refractivity contribution < 1.29 is 15.0 Å². The molecule has 2 atom stereocenters. The van der Waals surface area contributed by atoms with Gasteiger partial charge in [-0.3, -0.25) is 4.79 Å². The lowest BCUT2D eigenvalue weighted by Crippen LogP contribution is -2.19. The highest BCUT2D eigenvalue weighted by Crippen LogP contribution is 2.60. The predicted octanol–water partition coefficient (Wildman–Crippen LogP) is 1.97. The van der Waals surface area contributed by atoms with Gasteiger partial charge in [0.1, 0.15) is 5.75 Å².